The first-order valence-corrected chi connectivity index (χ1v) is 20.0. The minimum atomic E-state index is -0.869. The Hall–Kier alpha value is -1.91. The molecule has 0 aromatic rings. The normalized spacial score (nSPS) is 13.7. The number of carbonyl (C=O) groups is 1. The molecule has 272 valence electrons. The molecule has 0 aliphatic rings. The van der Waals surface area contributed by atoms with Gasteiger partial charge < -0.3 is 15.5 Å². The van der Waals surface area contributed by atoms with Gasteiger partial charge in [-0.15, -0.1) is 0 Å². The van der Waals surface area contributed by atoms with Gasteiger partial charge in [0.15, 0.2) is 0 Å². The number of allylic oxidation sites excluding steroid dienone is 9. The molecule has 0 bridgehead atoms. The molecule has 0 heterocycles. The van der Waals surface area contributed by atoms with E-state index in [1.807, 2.05) is 6.08 Å². The van der Waals surface area contributed by atoms with E-state index in [2.05, 4.69) is 67.8 Å². The number of hydrogen-bond acceptors (Lipinski definition) is 3. The molecular formula is C43H77NO3. The van der Waals surface area contributed by atoms with Crippen molar-refractivity contribution in [2.24, 2.45) is 0 Å². The van der Waals surface area contributed by atoms with E-state index < -0.39 is 12.1 Å². The minimum absolute atomic E-state index is 0.0893. The third kappa shape index (κ3) is 35.2. The smallest absolute Gasteiger partial charge is 0.220 e. The quantitative estimate of drug-likeness (QED) is 0.0470. The Morgan fingerprint density at radius 2 is 0.894 bits per heavy atom. The second-order valence-electron chi connectivity index (χ2n) is 13.3. The molecule has 0 radical (unpaired) electrons. The molecule has 0 rings (SSSR count). The van der Waals surface area contributed by atoms with Crippen LogP contribution < -0.4 is 5.32 Å². The average Bonchev–Trinajstić information content (AvgIpc) is 3.07. The summed E-state index contributed by atoms with van der Waals surface area (Å²) >= 11 is 0. The molecule has 0 saturated heterocycles. The van der Waals surface area contributed by atoms with Crippen molar-refractivity contribution >= 4 is 5.91 Å². The summed E-state index contributed by atoms with van der Waals surface area (Å²) in [6.45, 7) is 4.25. The lowest BCUT2D eigenvalue weighted by atomic mass is 10.1. The van der Waals surface area contributed by atoms with Gasteiger partial charge in [-0.25, -0.2) is 0 Å². The summed E-state index contributed by atoms with van der Waals surface area (Å²) in [5.41, 5.74) is 0. The van der Waals surface area contributed by atoms with Crippen molar-refractivity contribution in [2.45, 2.75) is 199 Å². The lowest BCUT2D eigenvalue weighted by Crippen LogP contribution is -2.45. The summed E-state index contributed by atoms with van der Waals surface area (Å²) in [4.78, 5) is 12.3. The zero-order valence-electron chi connectivity index (χ0n) is 31.0. The standard InChI is InChI=1S/C43H77NO3/c1-3-5-7-9-11-13-15-17-19-21-22-23-25-27-29-31-33-35-37-39-43(47)44-41(40-45)42(46)38-36-34-32-30-28-26-24-20-18-16-14-12-10-8-6-4-2/h11,13,17,19,22-23,28,30,36,38,41-42,45-46H,3-10,12,14-16,18,20-21,24-27,29,31-35,37,39-40H2,1-2H3,(H,44,47)/b13-11-,19-17-,23-22-,30-28+,38-36+. The van der Waals surface area contributed by atoms with Gasteiger partial charge in [0.1, 0.15) is 0 Å². The van der Waals surface area contributed by atoms with E-state index in [0.29, 0.717) is 6.42 Å². The van der Waals surface area contributed by atoms with Crippen LogP contribution in [-0.4, -0.2) is 34.9 Å². The van der Waals surface area contributed by atoms with Crippen LogP contribution in [0.25, 0.3) is 0 Å². The number of aliphatic hydroxyl groups excluding tert-OH is 2. The number of nitrogens with one attached hydrogen (secondary N) is 1. The predicted molar refractivity (Wildman–Crippen MR) is 207 cm³/mol. The van der Waals surface area contributed by atoms with Crippen molar-refractivity contribution in [3.8, 4) is 0 Å². The highest BCUT2D eigenvalue weighted by atomic mass is 16.3. The fourth-order valence-electron chi connectivity index (χ4n) is 5.61. The topological polar surface area (TPSA) is 69.6 Å². The number of unbranched alkanes of at least 4 members (excludes halogenated alkanes) is 20. The Balaban J connectivity index is 3.70. The molecule has 2 atom stereocenters. The molecule has 0 fully saturated rings. The number of carbonyl (C=O) groups excluding carboxylic acids is 1. The first-order chi connectivity index (χ1) is 23.2. The molecule has 2 unspecified atom stereocenters. The minimum Gasteiger partial charge on any atom is -0.394 e. The molecule has 0 aromatic heterocycles. The van der Waals surface area contributed by atoms with Gasteiger partial charge in [0.2, 0.25) is 5.91 Å². The second kappa shape index (κ2) is 38.5. The highest BCUT2D eigenvalue weighted by Gasteiger charge is 2.17. The molecule has 0 aromatic carbocycles. The van der Waals surface area contributed by atoms with Crippen molar-refractivity contribution in [3.05, 3.63) is 60.8 Å². The van der Waals surface area contributed by atoms with Crippen LogP contribution in [0.15, 0.2) is 60.8 Å². The molecule has 0 saturated carbocycles. The van der Waals surface area contributed by atoms with Crippen LogP contribution in [0.1, 0.15) is 187 Å². The highest BCUT2D eigenvalue weighted by molar-refractivity contribution is 5.76. The summed E-state index contributed by atoms with van der Waals surface area (Å²) < 4.78 is 0. The third-order valence-electron chi connectivity index (χ3n) is 8.72. The average molecular weight is 656 g/mol. The fraction of sp³-hybridized carbons (Fsp3) is 0.744. The van der Waals surface area contributed by atoms with Gasteiger partial charge in [0.05, 0.1) is 18.8 Å². The number of rotatable bonds is 35. The maximum atomic E-state index is 12.3. The van der Waals surface area contributed by atoms with Gasteiger partial charge in [-0.2, -0.15) is 0 Å². The van der Waals surface area contributed by atoms with Crippen LogP contribution in [0.4, 0.5) is 0 Å². The molecule has 0 spiro atoms. The summed E-state index contributed by atoms with van der Waals surface area (Å²) in [5, 5.41) is 22.9. The van der Waals surface area contributed by atoms with Crippen LogP contribution in [0.5, 0.6) is 0 Å². The zero-order chi connectivity index (χ0) is 34.3. The second-order valence-corrected chi connectivity index (χ2v) is 13.3. The SMILES string of the molecule is CCCCC/C=C\C/C=C\C/C=C\CCCCCCCCC(=O)NC(CO)C(O)/C=C/CC/C=C/CCCCCCCCCCCC. The van der Waals surface area contributed by atoms with Crippen molar-refractivity contribution < 1.29 is 15.0 Å². The van der Waals surface area contributed by atoms with Crippen molar-refractivity contribution in [1.29, 1.82) is 0 Å². The Morgan fingerprint density at radius 3 is 1.43 bits per heavy atom. The van der Waals surface area contributed by atoms with E-state index in [4.69, 9.17) is 0 Å². The molecule has 0 aliphatic carbocycles. The van der Waals surface area contributed by atoms with E-state index >= 15 is 0 Å². The van der Waals surface area contributed by atoms with Gasteiger partial charge in [-0.3, -0.25) is 4.79 Å². The van der Waals surface area contributed by atoms with Crippen LogP contribution in [0.3, 0.4) is 0 Å². The lowest BCUT2D eigenvalue weighted by Gasteiger charge is -2.19. The van der Waals surface area contributed by atoms with Crippen molar-refractivity contribution in [3.63, 3.8) is 0 Å². The van der Waals surface area contributed by atoms with Gasteiger partial charge in [0, 0.05) is 6.42 Å². The Bertz CT molecular complexity index is 797. The van der Waals surface area contributed by atoms with Crippen LogP contribution in [-0.2, 0) is 4.79 Å². The van der Waals surface area contributed by atoms with E-state index in [9.17, 15) is 15.0 Å². The predicted octanol–water partition coefficient (Wildman–Crippen LogP) is 12.2. The van der Waals surface area contributed by atoms with E-state index in [0.717, 1.165) is 57.8 Å². The summed E-state index contributed by atoms with van der Waals surface area (Å²) in [6, 6.07) is -0.647. The zero-order valence-corrected chi connectivity index (χ0v) is 31.0. The van der Waals surface area contributed by atoms with Crippen LogP contribution in [0.2, 0.25) is 0 Å². The number of aliphatic hydroxyl groups is 2. The largest absolute Gasteiger partial charge is 0.394 e. The van der Waals surface area contributed by atoms with E-state index in [1.165, 1.54) is 109 Å². The Morgan fingerprint density at radius 1 is 0.511 bits per heavy atom. The van der Waals surface area contributed by atoms with Gasteiger partial charge >= 0.3 is 0 Å². The molecular weight excluding hydrogens is 578 g/mol. The first-order valence-electron chi connectivity index (χ1n) is 20.0. The maximum Gasteiger partial charge on any atom is 0.220 e. The Kier molecular flexibility index (Phi) is 37.0. The first kappa shape index (κ1) is 45.1. The molecule has 0 aliphatic heterocycles. The van der Waals surface area contributed by atoms with E-state index in [-0.39, 0.29) is 12.5 Å². The molecule has 47 heavy (non-hydrogen) atoms. The van der Waals surface area contributed by atoms with Gasteiger partial charge in [-0.05, 0) is 70.6 Å². The molecule has 4 heteroatoms. The van der Waals surface area contributed by atoms with Gasteiger partial charge in [0.25, 0.3) is 0 Å². The van der Waals surface area contributed by atoms with Gasteiger partial charge in [-0.1, -0.05) is 171 Å². The van der Waals surface area contributed by atoms with Crippen LogP contribution >= 0.6 is 0 Å². The lowest BCUT2D eigenvalue weighted by molar-refractivity contribution is -0.123. The van der Waals surface area contributed by atoms with Crippen molar-refractivity contribution in [2.75, 3.05) is 6.61 Å². The molecule has 4 nitrogen and oxygen atoms in total. The van der Waals surface area contributed by atoms with E-state index in [1.54, 1.807) is 6.08 Å². The monoisotopic (exact) mass is 656 g/mol. The maximum absolute atomic E-state index is 12.3. The number of amides is 1. The highest BCUT2D eigenvalue weighted by Crippen LogP contribution is 2.12. The third-order valence-corrected chi connectivity index (χ3v) is 8.72. The number of hydrogen-bond donors (Lipinski definition) is 3. The Labute approximate surface area is 292 Å². The molecule has 3 N–H and O–H groups in total. The molecule has 1 amide bonds. The summed E-state index contributed by atoms with van der Waals surface area (Å²) in [5.74, 6) is -0.0893. The summed E-state index contributed by atoms with van der Waals surface area (Å²) in [6.07, 6.45) is 53.1. The summed E-state index contributed by atoms with van der Waals surface area (Å²) in [7, 11) is 0. The van der Waals surface area contributed by atoms with Crippen LogP contribution in [0, 0.1) is 0 Å². The fourth-order valence-corrected chi connectivity index (χ4v) is 5.61. The van der Waals surface area contributed by atoms with Crippen molar-refractivity contribution in [1.82, 2.24) is 5.32 Å².